The van der Waals surface area contributed by atoms with E-state index in [-0.39, 0.29) is 38.4 Å². The molecule has 2 heterocycles. The first kappa shape index (κ1) is 19.6. The molecule has 0 aliphatic rings. The molecule has 148 valence electrons. The lowest BCUT2D eigenvalue weighted by Crippen LogP contribution is -2.41. The van der Waals surface area contributed by atoms with Gasteiger partial charge in [-0.15, -0.1) is 0 Å². The van der Waals surface area contributed by atoms with Crippen LogP contribution in [0.2, 0.25) is 0 Å². The monoisotopic (exact) mass is 387 g/mol. The van der Waals surface area contributed by atoms with E-state index in [2.05, 4.69) is 4.98 Å². The number of ether oxygens (including phenoxy) is 2. The first-order valence-electron chi connectivity index (χ1n) is 8.84. The van der Waals surface area contributed by atoms with E-state index in [0.717, 1.165) is 9.95 Å². The van der Waals surface area contributed by atoms with Gasteiger partial charge in [0.2, 0.25) is 11.5 Å². The number of fused-ring (bicyclic) bond motifs is 3. The van der Waals surface area contributed by atoms with Gasteiger partial charge in [-0.1, -0.05) is 12.1 Å². The van der Waals surface area contributed by atoms with Crippen molar-refractivity contribution in [3.8, 4) is 0 Å². The summed E-state index contributed by atoms with van der Waals surface area (Å²) in [7, 11) is 1.50. The summed E-state index contributed by atoms with van der Waals surface area (Å²) in [6, 6.07) is 7.19. The van der Waals surface area contributed by atoms with Crippen molar-refractivity contribution in [2.45, 2.75) is 13.5 Å². The zero-order chi connectivity index (χ0) is 20.1. The molecular weight excluding hydrogens is 366 g/mol. The molecule has 3 rings (SSSR count). The molecule has 28 heavy (non-hydrogen) atoms. The molecule has 0 saturated heterocycles. The fourth-order valence-electron chi connectivity index (χ4n) is 2.83. The van der Waals surface area contributed by atoms with Crippen molar-refractivity contribution in [3.63, 3.8) is 0 Å². The Balaban J connectivity index is 1.85. The van der Waals surface area contributed by atoms with Crippen molar-refractivity contribution in [2.24, 2.45) is 0 Å². The number of carbonyl (C=O) groups is 2. The van der Waals surface area contributed by atoms with Crippen molar-refractivity contribution >= 4 is 33.9 Å². The summed E-state index contributed by atoms with van der Waals surface area (Å²) >= 11 is 0. The number of aromatic nitrogens is 2. The highest BCUT2D eigenvalue weighted by atomic mass is 16.5. The van der Waals surface area contributed by atoms with Crippen LogP contribution >= 0.6 is 0 Å². The largest absolute Gasteiger partial charge is 0.465 e. The summed E-state index contributed by atoms with van der Waals surface area (Å²) in [6.07, 6.45) is 1.31. The second-order valence-electron chi connectivity index (χ2n) is 6.07. The zero-order valence-electron chi connectivity index (χ0n) is 15.7. The molecule has 0 bridgehead atoms. The molecule has 0 aliphatic carbocycles. The smallest absolute Gasteiger partial charge is 0.325 e. The van der Waals surface area contributed by atoms with Crippen LogP contribution in [0.3, 0.4) is 0 Å². The van der Waals surface area contributed by atoms with Crippen molar-refractivity contribution in [2.75, 3.05) is 33.4 Å². The third-order valence-electron chi connectivity index (χ3n) is 4.20. The number of nitrogens with zero attached hydrogens (tertiary/aromatic N) is 3. The number of amides is 1. The number of rotatable bonds is 8. The number of para-hydroxylation sites is 1. The molecule has 0 unspecified atom stereocenters. The average molecular weight is 387 g/mol. The van der Waals surface area contributed by atoms with Crippen LogP contribution in [-0.4, -0.2) is 59.7 Å². The predicted octanol–water partition coefficient (Wildman–Crippen LogP) is 1.18. The maximum Gasteiger partial charge on any atom is 0.325 e. The molecule has 0 aliphatic heterocycles. The topological polar surface area (TPSA) is 104 Å². The Labute approximate surface area is 160 Å². The third kappa shape index (κ3) is 4.04. The van der Waals surface area contributed by atoms with Gasteiger partial charge in [0.1, 0.15) is 24.2 Å². The van der Waals surface area contributed by atoms with Crippen LogP contribution < -0.4 is 5.56 Å². The molecule has 9 heteroatoms. The molecule has 3 aromatic rings. The van der Waals surface area contributed by atoms with E-state index >= 15 is 0 Å². The summed E-state index contributed by atoms with van der Waals surface area (Å²) in [6.45, 7) is 1.86. The Bertz CT molecular complexity index is 1050. The molecule has 1 amide bonds. The Kier molecular flexibility index (Phi) is 6.05. The van der Waals surface area contributed by atoms with Crippen LogP contribution in [0, 0.1) is 0 Å². The van der Waals surface area contributed by atoms with E-state index in [1.807, 2.05) is 12.1 Å². The van der Waals surface area contributed by atoms with Crippen molar-refractivity contribution in [1.29, 1.82) is 0 Å². The fraction of sp³-hybridized carbons (Fsp3) is 0.368. The van der Waals surface area contributed by atoms with Crippen molar-refractivity contribution in [3.05, 3.63) is 40.9 Å². The molecule has 2 aromatic heterocycles. The molecule has 0 spiro atoms. The summed E-state index contributed by atoms with van der Waals surface area (Å²) in [5.74, 6) is -0.949. The van der Waals surface area contributed by atoms with Crippen LogP contribution in [0.25, 0.3) is 22.1 Å². The highest BCUT2D eigenvalue weighted by molar-refractivity contribution is 6.01. The van der Waals surface area contributed by atoms with Crippen LogP contribution in [0.4, 0.5) is 0 Å². The highest BCUT2D eigenvalue weighted by Gasteiger charge is 2.20. The lowest BCUT2D eigenvalue weighted by molar-refractivity contribution is -0.149. The van der Waals surface area contributed by atoms with Gasteiger partial charge in [0, 0.05) is 19.0 Å². The Morgan fingerprint density at radius 3 is 2.82 bits per heavy atom. The fourth-order valence-corrected chi connectivity index (χ4v) is 2.83. The number of benzene rings is 1. The predicted molar refractivity (Wildman–Crippen MR) is 101 cm³/mol. The quantitative estimate of drug-likeness (QED) is 0.535. The van der Waals surface area contributed by atoms with Crippen molar-refractivity contribution < 1.29 is 23.5 Å². The van der Waals surface area contributed by atoms with E-state index in [9.17, 15) is 14.4 Å². The Morgan fingerprint density at radius 2 is 2.07 bits per heavy atom. The van der Waals surface area contributed by atoms with Crippen LogP contribution in [0.15, 0.2) is 39.8 Å². The van der Waals surface area contributed by atoms with Gasteiger partial charge in [-0.2, -0.15) is 0 Å². The minimum atomic E-state index is -0.523. The summed E-state index contributed by atoms with van der Waals surface area (Å²) < 4.78 is 16.7. The number of methoxy groups -OCH3 is 1. The number of hydrogen-bond acceptors (Lipinski definition) is 7. The van der Waals surface area contributed by atoms with Gasteiger partial charge < -0.3 is 18.8 Å². The van der Waals surface area contributed by atoms with Crippen LogP contribution in [-0.2, 0) is 25.6 Å². The minimum Gasteiger partial charge on any atom is -0.465 e. The average Bonchev–Trinajstić information content (AvgIpc) is 3.07. The van der Waals surface area contributed by atoms with E-state index in [1.54, 1.807) is 19.1 Å². The number of carbonyl (C=O) groups excluding carboxylic acids is 2. The summed E-state index contributed by atoms with van der Waals surface area (Å²) in [5.41, 5.74) is 0.630. The molecular formula is C19H21N3O6. The standard InChI is InChI=1S/C19H21N3O6/c1-3-27-16(24)11-21(8-9-26-2)15(23)10-22-12-20-17-13-6-4-5-7-14(13)28-18(17)19(22)25/h4-7,12H,3,8-11H2,1-2H3. The lowest BCUT2D eigenvalue weighted by Gasteiger charge is -2.21. The van der Waals surface area contributed by atoms with Gasteiger partial charge in [-0.3, -0.25) is 19.0 Å². The highest BCUT2D eigenvalue weighted by Crippen LogP contribution is 2.23. The van der Waals surface area contributed by atoms with Gasteiger partial charge in [0.25, 0.3) is 5.56 Å². The number of hydrogen-bond donors (Lipinski definition) is 0. The summed E-state index contributed by atoms with van der Waals surface area (Å²) in [4.78, 5) is 42.7. The van der Waals surface area contributed by atoms with Gasteiger partial charge in [0.05, 0.1) is 19.5 Å². The summed E-state index contributed by atoms with van der Waals surface area (Å²) in [5, 5.41) is 0.733. The minimum absolute atomic E-state index is 0.0883. The van der Waals surface area contributed by atoms with E-state index < -0.39 is 17.4 Å². The maximum atomic E-state index is 12.7. The van der Waals surface area contributed by atoms with Crippen LogP contribution in [0.1, 0.15) is 6.92 Å². The number of esters is 1. The molecule has 0 saturated carbocycles. The van der Waals surface area contributed by atoms with Gasteiger partial charge >= 0.3 is 5.97 Å². The van der Waals surface area contributed by atoms with E-state index in [4.69, 9.17) is 13.9 Å². The second-order valence-corrected chi connectivity index (χ2v) is 6.07. The molecule has 0 N–H and O–H groups in total. The molecule has 1 aromatic carbocycles. The first-order chi connectivity index (χ1) is 13.5. The normalized spacial score (nSPS) is 11.1. The third-order valence-corrected chi connectivity index (χ3v) is 4.20. The molecule has 0 fully saturated rings. The first-order valence-corrected chi connectivity index (χ1v) is 8.84. The Morgan fingerprint density at radius 1 is 1.29 bits per heavy atom. The molecule has 0 atom stereocenters. The maximum absolute atomic E-state index is 12.7. The number of furan rings is 1. The Hall–Kier alpha value is -3.20. The van der Waals surface area contributed by atoms with E-state index in [1.165, 1.54) is 18.3 Å². The molecule has 9 nitrogen and oxygen atoms in total. The van der Waals surface area contributed by atoms with Gasteiger partial charge in [-0.05, 0) is 19.1 Å². The lowest BCUT2D eigenvalue weighted by atomic mass is 10.2. The molecule has 0 radical (unpaired) electrons. The van der Waals surface area contributed by atoms with Crippen LogP contribution in [0.5, 0.6) is 0 Å². The zero-order valence-corrected chi connectivity index (χ0v) is 15.7. The van der Waals surface area contributed by atoms with Gasteiger partial charge in [0.15, 0.2) is 0 Å². The second kappa shape index (κ2) is 8.66. The van der Waals surface area contributed by atoms with E-state index in [0.29, 0.717) is 11.1 Å². The van der Waals surface area contributed by atoms with Crippen molar-refractivity contribution in [1.82, 2.24) is 14.5 Å². The SMILES string of the molecule is CCOC(=O)CN(CCOC)C(=O)Cn1cnc2c(oc3ccccc32)c1=O. The van der Waals surface area contributed by atoms with Gasteiger partial charge in [-0.25, -0.2) is 4.98 Å².